The van der Waals surface area contributed by atoms with Crippen molar-refractivity contribution in [2.45, 2.75) is 32.1 Å². The number of hydrogen-bond acceptors (Lipinski definition) is 3. The number of benzene rings is 2. The van der Waals surface area contributed by atoms with Gasteiger partial charge < -0.3 is 9.64 Å². The molecule has 1 atom stereocenters. The van der Waals surface area contributed by atoms with Crippen LogP contribution < -0.4 is 9.64 Å². The molecule has 0 N–H and O–H groups in total. The summed E-state index contributed by atoms with van der Waals surface area (Å²) in [6.45, 7) is 8.12. The third kappa shape index (κ3) is 4.48. The van der Waals surface area contributed by atoms with Crippen LogP contribution in [0, 0.1) is 0 Å². The van der Waals surface area contributed by atoms with Crippen LogP contribution in [-0.4, -0.2) is 28.3 Å². The molecular formula is C20H24N2O2S. The molecule has 5 heteroatoms. The molecule has 0 spiro atoms. The molecule has 0 bridgehead atoms. The first-order valence-electron chi connectivity index (χ1n) is 8.45. The van der Waals surface area contributed by atoms with Gasteiger partial charge in [-0.1, -0.05) is 30.3 Å². The molecule has 1 aliphatic rings. The molecule has 0 aromatic heterocycles. The van der Waals surface area contributed by atoms with Crippen molar-refractivity contribution in [3.8, 4) is 5.75 Å². The maximum atomic E-state index is 12.1. The van der Waals surface area contributed by atoms with E-state index in [1.807, 2.05) is 39.0 Å². The summed E-state index contributed by atoms with van der Waals surface area (Å²) >= 11 is 0. The van der Waals surface area contributed by atoms with Crippen molar-refractivity contribution in [3.05, 3.63) is 59.7 Å². The summed E-state index contributed by atoms with van der Waals surface area (Å²) in [6.07, 6.45) is 1.69. The summed E-state index contributed by atoms with van der Waals surface area (Å²) in [6, 6.07) is 16.4. The molecule has 2 aromatic carbocycles. The predicted octanol–water partition coefficient (Wildman–Crippen LogP) is 3.97. The van der Waals surface area contributed by atoms with E-state index >= 15 is 0 Å². The molecule has 2 aromatic rings. The minimum atomic E-state index is -1.26. The average Bonchev–Trinajstić information content (AvgIpc) is 2.60. The first-order valence-corrected chi connectivity index (χ1v) is 9.56. The number of fused-ring (bicyclic) bond motifs is 1. The second-order valence-corrected chi connectivity index (χ2v) is 9.01. The van der Waals surface area contributed by atoms with E-state index in [-0.39, 0.29) is 4.75 Å². The quantitative estimate of drug-likeness (QED) is 0.779. The highest BCUT2D eigenvalue weighted by Gasteiger charge is 2.20. The Labute approximate surface area is 152 Å². The van der Waals surface area contributed by atoms with Gasteiger partial charge >= 0.3 is 0 Å². The lowest BCUT2D eigenvalue weighted by molar-refractivity contribution is 0.307. The van der Waals surface area contributed by atoms with Crippen LogP contribution in [-0.2, 0) is 17.5 Å². The predicted molar refractivity (Wildman–Crippen MR) is 105 cm³/mol. The first-order chi connectivity index (χ1) is 11.9. The molecule has 0 fully saturated rings. The Balaban J connectivity index is 1.83. The Morgan fingerprint density at radius 3 is 2.68 bits per heavy atom. The highest BCUT2D eigenvalue weighted by atomic mass is 32.2. The largest absolute Gasteiger partial charge is 0.490 e. The van der Waals surface area contributed by atoms with Gasteiger partial charge in [0.2, 0.25) is 0 Å². The van der Waals surface area contributed by atoms with Crippen molar-refractivity contribution in [1.29, 1.82) is 0 Å². The molecule has 0 radical (unpaired) electrons. The third-order valence-corrected chi connectivity index (χ3v) is 5.32. The minimum absolute atomic E-state index is 0.354. The molecule has 3 rings (SSSR count). The van der Waals surface area contributed by atoms with Gasteiger partial charge in [-0.15, -0.1) is 0 Å². The molecule has 1 unspecified atom stereocenters. The van der Waals surface area contributed by atoms with E-state index in [9.17, 15) is 4.21 Å². The number of hydrogen-bond donors (Lipinski definition) is 0. The molecule has 0 aliphatic carbocycles. The standard InChI is InChI=1S/C20H24N2O2S/c1-20(2,3)25(23)21-14-17-9-10-19-18(13-17)22(11-12-24-19)15-16-7-5-4-6-8-16/h4-10,13-14H,11-12,15H2,1-3H3. The SMILES string of the molecule is CC(C)(C)S(=O)N=Cc1ccc2c(c1)N(Cc1ccccc1)CCO2. The lowest BCUT2D eigenvalue weighted by atomic mass is 10.1. The minimum Gasteiger partial charge on any atom is -0.490 e. The van der Waals surface area contributed by atoms with Gasteiger partial charge in [0, 0.05) is 12.8 Å². The molecule has 25 heavy (non-hydrogen) atoms. The summed E-state index contributed by atoms with van der Waals surface area (Å²) in [5.74, 6) is 0.885. The van der Waals surface area contributed by atoms with E-state index in [1.54, 1.807) is 6.21 Å². The van der Waals surface area contributed by atoms with Crippen molar-refractivity contribution >= 4 is 22.9 Å². The van der Waals surface area contributed by atoms with Gasteiger partial charge in [-0.25, -0.2) is 4.21 Å². The molecule has 132 valence electrons. The van der Waals surface area contributed by atoms with E-state index in [1.165, 1.54) is 5.56 Å². The zero-order valence-corrected chi connectivity index (χ0v) is 15.8. The van der Waals surface area contributed by atoms with Crippen LogP contribution in [0.25, 0.3) is 0 Å². The van der Waals surface area contributed by atoms with Gasteiger partial charge in [0.15, 0.2) is 0 Å². The van der Waals surface area contributed by atoms with Gasteiger partial charge in [-0.05, 0) is 50.1 Å². The van der Waals surface area contributed by atoms with Gasteiger partial charge in [-0.3, -0.25) is 0 Å². The number of ether oxygens (including phenoxy) is 1. The van der Waals surface area contributed by atoms with Crippen LogP contribution >= 0.6 is 0 Å². The topological polar surface area (TPSA) is 41.9 Å². The van der Waals surface area contributed by atoms with Crippen molar-refractivity contribution in [3.63, 3.8) is 0 Å². The summed E-state index contributed by atoms with van der Waals surface area (Å²) in [7, 11) is -1.26. The highest BCUT2D eigenvalue weighted by Crippen LogP contribution is 2.33. The zero-order chi connectivity index (χ0) is 17.9. The summed E-state index contributed by atoms with van der Waals surface area (Å²) in [5.41, 5.74) is 3.25. The van der Waals surface area contributed by atoms with Gasteiger partial charge in [0.25, 0.3) is 0 Å². The van der Waals surface area contributed by atoms with Gasteiger partial charge in [0.05, 0.1) is 17.0 Å². The summed E-state index contributed by atoms with van der Waals surface area (Å²) in [5, 5.41) is 0. The maximum absolute atomic E-state index is 12.1. The Morgan fingerprint density at radius 2 is 1.96 bits per heavy atom. The molecule has 0 saturated heterocycles. The fourth-order valence-electron chi connectivity index (χ4n) is 2.61. The van der Waals surface area contributed by atoms with E-state index < -0.39 is 11.0 Å². The Morgan fingerprint density at radius 1 is 1.20 bits per heavy atom. The number of rotatable bonds is 4. The lowest BCUT2D eigenvalue weighted by Crippen LogP contribution is -2.32. The average molecular weight is 356 g/mol. The molecule has 1 aliphatic heterocycles. The molecule has 4 nitrogen and oxygen atoms in total. The van der Waals surface area contributed by atoms with Crippen molar-refractivity contribution in [2.75, 3.05) is 18.1 Å². The van der Waals surface area contributed by atoms with Crippen LogP contribution in [0.3, 0.4) is 0 Å². The molecule has 0 amide bonds. The highest BCUT2D eigenvalue weighted by molar-refractivity contribution is 7.85. The van der Waals surface area contributed by atoms with Crippen molar-refractivity contribution < 1.29 is 8.95 Å². The zero-order valence-electron chi connectivity index (χ0n) is 14.9. The van der Waals surface area contributed by atoms with E-state index in [0.29, 0.717) is 6.61 Å². The third-order valence-electron chi connectivity index (χ3n) is 3.98. The van der Waals surface area contributed by atoms with Crippen molar-refractivity contribution in [2.24, 2.45) is 4.40 Å². The second-order valence-electron chi connectivity index (χ2n) is 7.08. The maximum Gasteiger partial charge on any atom is 0.144 e. The van der Waals surface area contributed by atoms with Crippen LogP contribution in [0.4, 0.5) is 5.69 Å². The monoisotopic (exact) mass is 356 g/mol. The van der Waals surface area contributed by atoms with Crippen LogP contribution in [0.2, 0.25) is 0 Å². The molecule has 1 heterocycles. The normalized spacial score (nSPS) is 15.7. The summed E-state index contributed by atoms with van der Waals surface area (Å²) < 4.78 is 21.7. The lowest BCUT2D eigenvalue weighted by Gasteiger charge is -2.31. The Kier molecular flexibility index (Phi) is 5.23. The Hall–Kier alpha value is -2.14. The molecule has 0 saturated carbocycles. The van der Waals surface area contributed by atoms with Crippen LogP contribution in [0.1, 0.15) is 31.9 Å². The number of anilines is 1. The summed E-state index contributed by atoms with van der Waals surface area (Å²) in [4.78, 5) is 2.31. The fraction of sp³-hybridized carbons (Fsp3) is 0.350. The van der Waals surface area contributed by atoms with Gasteiger partial charge in [-0.2, -0.15) is 4.40 Å². The van der Waals surface area contributed by atoms with E-state index in [2.05, 4.69) is 39.6 Å². The second kappa shape index (κ2) is 7.40. The van der Waals surface area contributed by atoms with Crippen LogP contribution in [0.5, 0.6) is 5.75 Å². The Bertz CT molecular complexity index is 782. The van der Waals surface area contributed by atoms with Crippen molar-refractivity contribution in [1.82, 2.24) is 0 Å². The smallest absolute Gasteiger partial charge is 0.144 e. The number of nitrogens with zero attached hydrogens (tertiary/aromatic N) is 2. The molecular weight excluding hydrogens is 332 g/mol. The van der Waals surface area contributed by atoms with Crippen LogP contribution in [0.15, 0.2) is 52.9 Å². The fourth-order valence-corrected chi connectivity index (χ4v) is 3.14. The first kappa shape index (κ1) is 17.7. The van der Waals surface area contributed by atoms with E-state index in [0.717, 1.165) is 30.1 Å². The van der Waals surface area contributed by atoms with Gasteiger partial charge in [0.1, 0.15) is 23.3 Å². The van der Waals surface area contributed by atoms with E-state index in [4.69, 9.17) is 4.74 Å².